The number of methoxy groups -OCH3 is 1. The third kappa shape index (κ3) is 4.11. The van der Waals surface area contributed by atoms with E-state index in [2.05, 4.69) is 10.3 Å². The molecule has 0 radical (unpaired) electrons. The number of carbonyl (C=O) groups is 2. The number of pyridine rings is 1. The molecule has 2 N–H and O–H groups in total. The maximum absolute atomic E-state index is 11.9. The van der Waals surface area contributed by atoms with Crippen molar-refractivity contribution < 1.29 is 19.4 Å². The Balaban J connectivity index is 2.55. The van der Waals surface area contributed by atoms with Gasteiger partial charge in [-0.25, -0.2) is 14.6 Å². The molecule has 1 atom stereocenters. The second kappa shape index (κ2) is 7.32. The van der Waals surface area contributed by atoms with Gasteiger partial charge in [0, 0.05) is 25.9 Å². The van der Waals surface area contributed by atoms with E-state index in [0.29, 0.717) is 12.3 Å². The van der Waals surface area contributed by atoms with E-state index >= 15 is 0 Å². The van der Waals surface area contributed by atoms with Crippen LogP contribution in [-0.2, 0) is 11.3 Å². The van der Waals surface area contributed by atoms with Crippen molar-refractivity contribution in [2.45, 2.75) is 25.9 Å². The minimum absolute atomic E-state index is 0.274. The Morgan fingerprint density at radius 1 is 1.50 bits per heavy atom. The zero-order chi connectivity index (χ0) is 15.1. The van der Waals surface area contributed by atoms with Crippen LogP contribution in [0, 0.1) is 0 Å². The van der Waals surface area contributed by atoms with Gasteiger partial charge in [0.25, 0.3) is 0 Å². The molecule has 7 nitrogen and oxygen atoms in total. The molecule has 0 aliphatic heterocycles. The Kier molecular flexibility index (Phi) is 5.76. The van der Waals surface area contributed by atoms with E-state index in [9.17, 15) is 9.59 Å². The lowest BCUT2D eigenvalue weighted by molar-refractivity contribution is -0.141. The number of aromatic nitrogens is 1. The van der Waals surface area contributed by atoms with Gasteiger partial charge in [0.15, 0.2) is 0 Å². The molecule has 1 aromatic rings. The fraction of sp³-hybridized carbons (Fsp3) is 0.462. The number of aliphatic carboxylic acids is 1. The van der Waals surface area contributed by atoms with Crippen LogP contribution in [0.1, 0.15) is 18.9 Å². The topological polar surface area (TPSA) is 91.8 Å². The molecule has 1 unspecified atom stereocenters. The summed E-state index contributed by atoms with van der Waals surface area (Å²) < 4.78 is 4.93. The molecule has 1 rings (SSSR count). The van der Waals surface area contributed by atoms with Crippen molar-refractivity contribution in [1.82, 2.24) is 15.2 Å². The van der Waals surface area contributed by atoms with Gasteiger partial charge in [0.2, 0.25) is 5.88 Å². The average molecular weight is 281 g/mol. The van der Waals surface area contributed by atoms with E-state index in [-0.39, 0.29) is 6.54 Å². The van der Waals surface area contributed by atoms with E-state index in [1.165, 1.54) is 19.1 Å². The number of hydrogen-bond acceptors (Lipinski definition) is 4. The fourth-order valence-electron chi connectivity index (χ4n) is 1.69. The highest BCUT2D eigenvalue weighted by Crippen LogP contribution is 2.07. The van der Waals surface area contributed by atoms with Crippen molar-refractivity contribution in [2.75, 3.05) is 14.2 Å². The molecule has 0 fully saturated rings. The lowest BCUT2D eigenvalue weighted by atomic mass is 10.2. The SMILES string of the molecule is CCC(C(=O)O)N(C)C(=O)NCc1ccc(OC)nc1. The summed E-state index contributed by atoms with van der Waals surface area (Å²) in [7, 11) is 2.99. The number of likely N-dealkylation sites (N-methyl/N-ethyl adjacent to an activating group) is 1. The molecular formula is C13H19N3O4. The van der Waals surface area contributed by atoms with Gasteiger partial charge in [0.1, 0.15) is 6.04 Å². The number of carboxylic acid groups (broad SMARTS) is 1. The van der Waals surface area contributed by atoms with Gasteiger partial charge < -0.3 is 20.1 Å². The first-order valence-electron chi connectivity index (χ1n) is 6.22. The summed E-state index contributed by atoms with van der Waals surface area (Å²) in [6.45, 7) is 1.99. The highest BCUT2D eigenvalue weighted by molar-refractivity contribution is 5.82. The number of nitrogens with one attached hydrogen (secondary N) is 1. The largest absolute Gasteiger partial charge is 0.481 e. The summed E-state index contributed by atoms with van der Waals surface area (Å²) in [6.07, 6.45) is 1.94. The predicted octanol–water partition coefficient (Wildman–Crippen LogP) is 1.09. The fourth-order valence-corrected chi connectivity index (χ4v) is 1.69. The van der Waals surface area contributed by atoms with Crippen molar-refractivity contribution in [1.29, 1.82) is 0 Å². The number of ether oxygens (including phenoxy) is 1. The Labute approximate surface area is 117 Å². The molecule has 0 spiro atoms. The normalized spacial score (nSPS) is 11.6. The van der Waals surface area contributed by atoms with Gasteiger partial charge in [0.05, 0.1) is 7.11 Å². The average Bonchev–Trinajstić information content (AvgIpc) is 2.45. The third-order valence-corrected chi connectivity index (χ3v) is 2.91. The van der Waals surface area contributed by atoms with Crippen molar-refractivity contribution >= 4 is 12.0 Å². The number of carboxylic acids is 1. The Hall–Kier alpha value is -2.31. The Morgan fingerprint density at radius 2 is 2.20 bits per heavy atom. The number of nitrogens with zero attached hydrogens (tertiary/aromatic N) is 2. The van der Waals surface area contributed by atoms with Crippen LogP contribution in [0.5, 0.6) is 5.88 Å². The second-order valence-electron chi connectivity index (χ2n) is 4.24. The first kappa shape index (κ1) is 15.7. The molecule has 7 heteroatoms. The zero-order valence-corrected chi connectivity index (χ0v) is 11.8. The summed E-state index contributed by atoms with van der Waals surface area (Å²) in [5.41, 5.74) is 0.802. The summed E-state index contributed by atoms with van der Waals surface area (Å²) >= 11 is 0. The smallest absolute Gasteiger partial charge is 0.326 e. The highest BCUT2D eigenvalue weighted by atomic mass is 16.5. The van der Waals surface area contributed by atoms with Gasteiger partial charge in [-0.2, -0.15) is 0 Å². The van der Waals surface area contributed by atoms with E-state index in [1.54, 1.807) is 25.3 Å². The molecule has 1 heterocycles. The van der Waals surface area contributed by atoms with Gasteiger partial charge in [-0.1, -0.05) is 13.0 Å². The Bertz CT molecular complexity index is 461. The van der Waals surface area contributed by atoms with Crippen LogP contribution in [0.2, 0.25) is 0 Å². The number of carbonyl (C=O) groups excluding carboxylic acids is 1. The van der Waals surface area contributed by atoms with Crippen LogP contribution in [0.3, 0.4) is 0 Å². The second-order valence-corrected chi connectivity index (χ2v) is 4.24. The lowest BCUT2D eigenvalue weighted by Gasteiger charge is -2.24. The van der Waals surface area contributed by atoms with Crippen molar-refractivity contribution in [3.63, 3.8) is 0 Å². The van der Waals surface area contributed by atoms with E-state index in [4.69, 9.17) is 9.84 Å². The van der Waals surface area contributed by atoms with Crippen LogP contribution in [0.25, 0.3) is 0 Å². The van der Waals surface area contributed by atoms with Crippen LogP contribution in [-0.4, -0.2) is 47.2 Å². The number of hydrogen-bond donors (Lipinski definition) is 2. The minimum atomic E-state index is -1.02. The van der Waals surface area contributed by atoms with Crippen molar-refractivity contribution in [3.05, 3.63) is 23.9 Å². The third-order valence-electron chi connectivity index (χ3n) is 2.91. The van der Waals surface area contributed by atoms with Crippen LogP contribution < -0.4 is 10.1 Å². The maximum Gasteiger partial charge on any atom is 0.326 e. The first-order chi connectivity index (χ1) is 9.49. The highest BCUT2D eigenvalue weighted by Gasteiger charge is 2.24. The molecule has 0 aromatic carbocycles. The maximum atomic E-state index is 11.9. The molecule has 0 aliphatic carbocycles. The number of amides is 2. The number of rotatable bonds is 6. The standard InChI is InChI=1S/C13H19N3O4/c1-4-10(12(17)18)16(2)13(19)15-8-9-5-6-11(20-3)14-7-9/h5-7,10H,4,8H2,1-3H3,(H,15,19)(H,17,18). The molecule has 1 aromatic heterocycles. The zero-order valence-electron chi connectivity index (χ0n) is 11.8. The predicted molar refractivity (Wildman–Crippen MR) is 72.5 cm³/mol. The molecule has 0 aliphatic rings. The number of urea groups is 1. The van der Waals surface area contributed by atoms with Gasteiger partial charge in [-0.3, -0.25) is 0 Å². The summed E-state index contributed by atoms with van der Waals surface area (Å²) in [5, 5.41) is 11.6. The molecule has 0 saturated carbocycles. The van der Waals surface area contributed by atoms with E-state index in [1.807, 2.05) is 0 Å². The van der Waals surface area contributed by atoms with Crippen molar-refractivity contribution in [2.24, 2.45) is 0 Å². The van der Waals surface area contributed by atoms with E-state index < -0.39 is 18.0 Å². The molecule has 0 saturated heterocycles. The lowest BCUT2D eigenvalue weighted by Crippen LogP contribution is -2.46. The van der Waals surface area contributed by atoms with Crippen LogP contribution in [0.15, 0.2) is 18.3 Å². The summed E-state index contributed by atoms with van der Waals surface area (Å²) in [5.74, 6) is -0.523. The molecular weight excluding hydrogens is 262 g/mol. The van der Waals surface area contributed by atoms with Crippen molar-refractivity contribution in [3.8, 4) is 5.88 Å². The summed E-state index contributed by atoms with van der Waals surface area (Å²) in [6, 6.07) is 2.21. The monoisotopic (exact) mass is 281 g/mol. The van der Waals surface area contributed by atoms with Crippen LogP contribution >= 0.6 is 0 Å². The first-order valence-corrected chi connectivity index (χ1v) is 6.22. The quantitative estimate of drug-likeness (QED) is 0.814. The van der Waals surface area contributed by atoms with Gasteiger partial charge in [-0.15, -0.1) is 0 Å². The van der Waals surface area contributed by atoms with Gasteiger partial charge in [-0.05, 0) is 12.0 Å². The van der Waals surface area contributed by atoms with Gasteiger partial charge >= 0.3 is 12.0 Å². The molecule has 2 amide bonds. The molecule has 110 valence electrons. The molecule has 0 bridgehead atoms. The summed E-state index contributed by atoms with van der Waals surface area (Å²) in [4.78, 5) is 28.0. The van der Waals surface area contributed by atoms with E-state index in [0.717, 1.165) is 5.56 Å². The Morgan fingerprint density at radius 3 is 2.65 bits per heavy atom. The van der Waals surface area contributed by atoms with Crippen LogP contribution in [0.4, 0.5) is 4.79 Å². The molecule has 20 heavy (non-hydrogen) atoms. The minimum Gasteiger partial charge on any atom is -0.481 e.